The molecule has 2 atom stereocenters. The number of hydrogen-bond acceptors (Lipinski definition) is 3. The molecule has 0 amide bonds. The molecule has 0 aliphatic carbocycles. The van der Waals surface area contributed by atoms with Crippen molar-refractivity contribution in [2.75, 3.05) is 18.0 Å². The Morgan fingerprint density at radius 2 is 2.00 bits per heavy atom. The Hall–Kier alpha value is -1.09. The topological polar surface area (TPSA) is 28.2 Å². The van der Waals surface area contributed by atoms with Gasteiger partial charge in [-0.25, -0.2) is 0 Å². The first kappa shape index (κ1) is 13.3. The van der Waals surface area contributed by atoms with Gasteiger partial charge in [0.1, 0.15) is 0 Å². The molecule has 3 nitrogen and oxygen atoms in total. The summed E-state index contributed by atoms with van der Waals surface area (Å²) < 4.78 is 0. The summed E-state index contributed by atoms with van der Waals surface area (Å²) in [5.41, 5.74) is 4.01. The first-order valence-corrected chi connectivity index (χ1v) is 7.07. The van der Waals surface area contributed by atoms with E-state index in [-0.39, 0.29) is 0 Å². The Bertz CT molecular complexity index is 393. The first-order valence-electron chi connectivity index (χ1n) is 7.07. The van der Waals surface area contributed by atoms with Gasteiger partial charge in [-0.1, -0.05) is 13.3 Å². The van der Waals surface area contributed by atoms with Gasteiger partial charge in [0, 0.05) is 42.8 Å². The minimum Gasteiger partial charge on any atom is -0.368 e. The highest BCUT2D eigenvalue weighted by Crippen LogP contribution is 2.25. The van der Waals surface area contributed by atoms with Crippen molar-refractivity contribution in [3.63, 3.8) is 0 Å². The summed E-state index contributed by atoms with van der Waals surface area (Å²) in [6.45, 7) is 11.1. The third-order valence-corrected chi connectivity index (χ3v) is 3.64. The standard InChI is InChI=1S/C15H25N3/c1-5-6-14-13(4)16-8-7-15(14)18-9-11(2)17-12(3)10-18/h7-8,11-12,17H,5-6,9-10H2,1-4H3/t11-,12?/m1/s1. The molecule has 3 heteroatoms. The monoisotopic (exact) mass is 247 g/mol. The third kappa shape index (κ3) is 2.83. The Morgan fingerprint density at radius 1 is 1.33 bits per heavy atom. The smallest absolute Gasteiger partial charge is 0.0433 e. The summed E-state index contributed by atoms with van der Waals surface area (Å²) in [5, 5.41) is 3.59. The second-order valence-corrected chi connectivity index (χ2v) is 5.52. The summed E-state index contributed by atoms with van der Waals surface area (Å²) in [5.74, 6) is 0. The summed E-state index contributed by atoms with van der Waals surface area (Å²) >= 11 is 0. The lowest BCUT2D eigenvalue weighted by Crippen LogP contribution is -2.54. The van der Waals surface area contributed by atoms with Gasteiger partial charge in [-0.05, 0) is 38.8 Å². The molecular weight excluding hydrogens is 222 g/mol. The van der Waals surface area contributed by atoms with Crippen LogP contribution >= 0.6 is 0 Å². The fraction of sp³-hybridized carbons (Fsp3) is 0.667. The fourth-order valence-electron chi connectivity index (χ4n) is 2.96. The summed E-state index contributed by atoms with van der Waals surface area (Å²) in [6.07, 6.45) is 4.25. The molecule has 100 valence electrons. The predicted octanol–water partition coefficient (Wildman–Crippen LogP) is 2.53. The fourth-order valence-corrected chi connectivity index (χ4v) is 2.96. The number of rotatable bonds is 3. The summed E-state index contributed by atoms with van der Waals surface area (Å²) in [4.78, 5) is 6.97. The Morgan fingerprint density at radius 3 is 2.61 bits per heavy atom. The van der Waals surface area contributed by atoms with E-state index in [0.717, 1.165) is 19.5 Å². The molecule has 0 spiro atoms. The molecule has 1 aliphatic rings. The molecule has 0 radical (unpaired) electrons. The molecule has 0 bridgehead atoms. The zero-order chi connectivity index (χ0) is 13.1. The van der Waals surface area contributed by atoms with Crippen molar-refractivity contribution in [3.05, 3.63) is 23.5 Å². The summed E-state index contributed by atoms with van der Waals surface area (Å²) in [7, 11) is 0. The Kier molecular flexibility index (Phi) is 4.23. The highest BCUT2D eigenvalue weighted by molar-refractivity contribution is 5.55. The average Bonchev–Trinajstić information content (AvgIpc) is 2.30. The van der Waals surface area contributed by atoms with Gasteiger partial charge in [0.2, 0.25) is 0 Å². The number of hydrogen-bond donors (Lipinski definition) is 1. The molecule has 18 heavy (non-hydrogen) atoms. The molecule has 0 saturated carbocycles. The number of pyridine rings is 1. The third-order valence-electron chi connectivity index (χ3n) is 3.64. The number of aromatic nitrogens is 1. The molecule has 1 unspecified atom stereocenters. The molecule has 1 saturated heterocycles. The van der Waals surface area contributed by atoms with Crippen LogP contribution in [0.15, 0.2) is 12.3 Å². The van der Waals surface area contributed by atoms with Crippen LogP contribution in [0.3, 0.4) is 0 Å². The van der Waals surface area contributed by atoms with E-state index < -0.39 is 0 Å². The van der Waals surface area contributed by atoms with Crippen LogP contribution in [-0.4, -0.2) is 30.2 Å². The lowest BCUT2D eigenvalue weighted by Gasteiger charge is -2.38. The molecule has 1 N–H and O–H groups in total. The number of nitrogens with one attached hydrogen (secondary N) is 1. The SMILES string of the molecule is CCCc1c(N2CC(C)N[C@H](C)C2)ccnc1C. The van der Waals surface area contributed by atoms with E-state index in [1.54, 1.807) is 0 Å². The van der Waals surface area contributed by atoms with Crippen LogP contribution in [0.25, 0.3) is 0 Å². The minimum atomic E-state index is 0.552. The molecule has 1 aromatic heterocycles. The second-order valence-electron chi connectivity index (χ2n) is 5.52. The van der Waals surface area contributed by atoms with Gasteiger partial charge in [0.15, 0.2) is 0 Å². The lowest BCUT2D eigenvalue weighted by molar-refractivity contribution is 0.406. The van der Waals surface area contributed by atoms with Crippen molar-refractivity contribution in [2.24, 2.45) is 0 Å². The number of anilines is 1. The van der Waals surface area contributed by atoms with Crippen LogP contribution < -0.4 is 10.2 Å². The quantitative estimate of drug-likeness (QED) is 0.889. The molecule has 0 aromatic carbocycles. The van der Waals surface area contributed by atoms with E-state index in [1.165, 1.54) is 23.4 Å². The van der Waals surface area contributed by atoms with Gasteiger partial charge < -0.3 is 10.2 Å². The normalized spacial score (nSPS) is 24.3. The van der Waals surface area contributed by atoms with Crippen molar-refractivity contribution >= 4 is 5.69 Å². The zero-order valence-electron chi connectivity index (χ0n) is 12.0. The molecule has 2 rings (SSSR count). The lowest BCUT2D eigenvalue weighted by atomic mass is 10.0. The van der Waals surface area contributed by atoms with Gasteiger partial charge in [-0.15, -0.1) is 0 Å². The highest BCUT2D eigenvalue weighted by Gasteiger charge is 2.23. The van der Waals surface area contributed by atoms with Crippen molar-refractivity contribution < 1.29 is 0 Å². The van der Waals surface area contributed by atoms with E-state index in [9.17, 15) is 0 Å². The van der Waals surface area contributed by atoms with Gasteiger partial charge >= 0.3 is 0 Å². The number of piperazine rings is 1. The predicted molar refractivity (Wildman–Crippen MR) is 77.2 cm³/mol. The van der Waals surface area contributed by atoms with E-state index in [0.29, 0.717) is 12.1 Å². The van der Waals surface area contributed by atoms with E-state index >= 15 is 0 Å². The Labute approximate surface area is 111 Å². The molecule has 1 aliphatic heterocycles. The van der Waals surface area contributed by atoms with E-state index in [4.69, 9.17) is 0 Å². The van der Waals surface area contributed by atoms with Crippen LogP contribution in [0.1, 0.15) is 38.4 Å². The van der Waals surface area contributed by atoms with E-state index in [1.807, 2.05) is 6.20 Å². The molecule has 1 fully saturated rings. The van der Waals surface area contributed by atoms with Crippen molar-refractivity contribution in [1.29, 1.82) is 0 Å². The average molecular weight is 247 g/mol. The first-order chi connectivity index (χ1) is 8.61. The Balaban J connectivity index is 2.29. The van der Waals surface area contributed by atoms with Gasteiger partial charge in [-0.2, -0.15) is 0 Å². The maximum atomic E-state index is 4.45. The molecular formula is C15H25N3. The highest BCUT2D eigenvalue weighted by atomic mass is 15.2. The van der Waals surface area contributed by atoms with Gasteiger partial charge in [-0.3, -0.25) is 4.98 Å². The van der Waals surface area contributed by atoms with E-state index in [2.05, 4.69) is 49.0 Å². The molecule has 1 aromatic rings. The minimum absolute atomic E-state index is 0.552. The zero-order valence-corrected chi connectivity index (χ0v) is 12.0. The number of nitrogens with zero attached hydrogens (tertiary/aromatic N) is 2. The second kappa shape index (κ2) is 5.70. The maximum absolute atomic E-state index is 4.45. The van der Waals surface area contributed by atoms with Crippen LogP contribution in [0.4, 0.5) is 5.69 Å². The van der Waals surface area contributed by atoms with Gasteiger partial charge in [0.25, 0.3) is 0 Å². The molecule has 2 heterocycles. The van der Waals surface area contributed by atoms with Crippen LogP contribution in [-0.2, 0) is 6.42 Å². The maximum Gasteiger partial charge on any atom is 0.0433 e. The van der Waals surface area contributed by atoms with Crippen molar-refractivity contribution in [2.45, 2.75) is 52.6 Å². The van der Waals surface area contributed by atoms with Crippen LogP contribution in [0.5, 0.6) is 0 Å². The van der Waals surface area contributed by atoms with Crippen molar-refractivity contribution in [3.8, 4) is 0 Å². The summed E-state index contributed by atoms with van der Waals surface area (Å²) in [6, 6.07) is 3.29. The largest absolute Gasteiger partial charge is 0.368 e. The number of aryl methyl sites for hydroxylation is 1. The van der Waals surface area contributed by atoms with Gasteiger partial charge in [0.05, 0.1) is 0 Å². The van der Waals surface area contributed by atoms with Crippen LogP contribution in [0.2, 0.25) is 0 Å². The van der Waals surface area contributed by atoms with Crippen molar-refractivity contribution in [1.82, 2.24) is 10.3 Å². The van der Waals surface area contributed by atoms with Crippen LogP contribution in [0, 0.1) is 6.92 Å².